The van der Waals surface area contributed by atoms with Gasteiger partial charge in [0, 0.05) is 6.42 Å². The van der Waals surface area contributed by atoms with Gasteiger partial charge in [-0.1, -0.05) is 10.3 Å². The van der Waals surface area contributed by atoms with Crippen molar-refractivity contribution in [3.05, 3.63) is 12.2 Å². The highest BCUT2D eigenvalue weighted by Gasteiger charge is 2.03. The second kappa shape index (κ2) is 3.17. The minimum atomic E-state index is 0.277. The number of hydrogen-bond acceptors (Lipinski definition) is 7. The Morgan fingerprint density at radius 1 is 1.54 bits per heavy atom. The Kier molecular flexibility index (Phi) is 1.87. The number of aromatic nitrogens is 6. The maximum Gasteiger partial charge on any atom is 0.240 e. The summed E-state index contributed by atoms with van der Waals surface area (Å²) in [6, 6.07) is 0. The molecule has 0 aliphatic heterocycles. The Labute approximate surface area is 72.7 Å². The summed E-state index contributed by atoms with van der Waals surface area (Å²) in [5.41, 5.74) is 5.44. The molecule has 2 aromatic rings. The fourth-order valence-corrected chi connectivity index (χ4v) is 0.879. The molecule has 2 heterocycles. The van der Waals surface area contributed by atoms with E-state index in [1.807, 2.05) is 0 Å². The van der Waals surface area contributed by atoms with E-state index in [-0.39, 0.29) is 5.95 Å². The van der Waals surface area contributed by atoms with Crippen LogP contribution in [-0.2, 0) is 13.0 Å². The molecule has 8 heteroatoms. The number of aryl methyl sites for hydroxylation is 2. The van der Waals surface area contributed by atoms with Crippen molar-refractivity contribution in [2.45, 2.75) is 13.0 Å². The van der Waals surface area contributed by atoms with Gasteiger partial charge in [0.25, 0.3) is 0 Å². The molecule has 0 saturated heterocycles. The fraction of sp³-hybridized carbons (Fsp3) is 0.400. The second-order valence-electron chi connectivity index (χ2n) is 2.35. The second-order valence-corrected chi connectivity index (χ2v) is 2.35. The number of hydrogen-bond donors (Lipinski definition) is 1. The third kappa shape index (κ3) is 1.60. The van der Waals surface area contributed by atoms with Gasteiger partial charge in [0.1, 0.15) is 0 Å². The first kappa shape index (κ1) is 7.65. The summed E-state index contributed by atoms with van der Waals surface area (Å²) in [6.07, 6.45) is 1.91. The van der Waals surface area contributed by atoms with Crippen LogP contribution >= 0.6 is 0 Å². The topological polar surface area (TPSA) is 109 Å². The van der Waals surface area contributed by atoms with Gasteiger partial charge in [0.2, 0.25) is 11.8 Å². The summed E-state index contributed by atoms with van der Waals surface area (Å²) in [5.74, 6) is 0.814. The molecule has 0 radical (unpaired) electrons. The molecule has 0 fully saturated rings. The first-order valence-electron chi connectivity index (χ1n) is 3.63. The van der Waals surface area contributed by atoms with Crippen LogP contribution in [0.25, 0.3) is 0 Å². The molecule has 68 valence electrons. The Morgan fingerprint density at radius 2 is 2.46 bits per heavy atom. The molecule has 0 atom stereocenters. The molecular weight excluding hydrogens is 174 g/mol. The number of nitrogens with two attached hydrogens (primary N) is 1. The smallest absolute Gasteiger partial charge is 0.240 e. The van der Waals surface area contributed by atoms with Gasteiger partial charge < -0.3 is 10.3 Å². The van der Waals surface area contributed by atoms with Crippen molar-refractivity contribution >= 4 is 5.95 Å². The SMILES string of the molecule is Nc1nnnn1CCc1ncno1. The van der Waals surface area contributed by atoms with Crippen LogP contribution in [0.2, 0.25) is 0 Å². The summed E-state index contributed by atoms with van der Waals surface area (Å²) < 4.78 is 6.25. The van der Waals surface area contributed by atoms with Crippen LogP contribution in [0.3, 0.4) is 0 Å². The summed E-state index contributed by atoms with van der Waals surface area (Å²) in [5, 5.41) is 14.0. The Morgan fingerprint density at radius 3 is 3.08 bits per heavy atom. The Balaban J connectivity index is 1.97. The predicted octanol–water partition coefficient (Wildman–Crippen LogP) is -1.12. The highest BCUT2D eigenvalue weighted by Crippen LogP contribution is 1.97. The average Bonchev–Trinajstić information content (AvgIpc) is 2.72. The van der Waals surface area contributed by atoms with Crippen LogP contribution in [0.15, 0.2) is 10.9 Å². The van der Waals surface area contributed by atoms with E-state index in [4.69, 9.17) is 10.3 Å². The van der Waals surface area contributed by atoms with Crippen molar-refractivity contribution in [1.82, 2.24) is 30.3 Å². The molecule has 0 bridgehead atoms. The lowest BCUT2D eigenvalue weighted by Gasteiger charge is -1.96. The van der Waals surface area contributed by atoms with Crippen molar-refractivity contribution in [3.63, 3.8) is 0 Å². The van der Waals surface area contributed by atoms with Gasteiger partial charge >= 0.3 is 0 Å². The molecular formula is C5H7N7O. The molecule has 0 spiro atoms. The van der Waals surface area contributed by atoms with E-state index in [9.17, 15) is 0 Å². The highest BCUT2D eigenvalue weighted by atomic mass is 16.5. The van der Waals surface area contributed by atoms with Gasteiger partial charge in [0.15, 0.2) is 6.33 Å². The first-order chi connectivity index (χ1) is 6.36. The van der Waals surface area contributed by atoms with E-state index in [0.717, 1.165) is 0 Å². The van der Waals surface area contributed by atoms with Crippen molar-refractivity contribution in [1.29, 1.82) is 0 Å². The minimum Gasteiger partial charge on any atom is -0.367 e. The van der Waals surface area contributed by atoms with Gasteiger partial charge in [-0.2, -0.15) is 4.98 Å². The zero-order valence-corrected chi connectivity index (χ0v) is 6.66. The van der Waals surface area contributed by atoms with Gasteiger partial charge in [0.05, 0.1) is 6.54 Å². The van der Waals surface area contributed by atoms with Crippen molar-refractivity contribution < 1.29 is 4.52 Å². The largest absolute Gasteiger partial charge is 0.367 e. The van der Waals surface area contributed by atoms with Gasteiger partial charge in [-0.05, 0) is 10.4 Å². The van der Waals surface area contributed by atoms with Crippen molar-refractivity contribution in [3.8, 4) is 0 Å². The van der Waals surface area contributed by atoms with E-state index >= 15 is 0 Å². The van der Waals surface area contributed by atoms with E-state index < -0.39 is 0 Å². The van der Waals surface area contributed by atoms with Crippen LogP contribution in [-0.4, -0.2) is 30.3 Å². The lowest BCUT2D eigenvalue weighted by molar-refractivity contribution is 0.368. The van der Waals surface area contributed by atoms with Crippen molar-refractivity contribution in [2.24, 2.45) is 0 Å². The van der Waals surface area contributed by atoms with Gasteiger partial charge in [-0.25, -0.2) is 4.68 Å². The molecule has 13 heavy (non-hydrogen) atoms. The first-order valence-corrected chi connectivity index (χ1v) is 3.63. The quantitative estimate of drug-likeness (QED) is 0.638. The van der Waals surface area contributed by atoms with Crippen LogP contribution in [0.1, 0.15) is 5.89 Å². The Hall–Kier alpha value is -1.99. The number of nitrogens with zero attached hydrogens (tertiary/aromatic N) is 6. The van der Waals surface area contributed by atoms with E-state index in [2.05, 4.69) is 25.7 Å². The van der Waals surface area contributed by atoms with Crippen LogP contribution in [0.5, 0.6) is 0 Å². The maximum atomic E-state index is 5.44. The molecule has 0 aromatic carbocycles. The summed E-state index contributed by atoms with van der Waals surface area (Å²) in [6.45, 7) is 0.529. The maximum absolute atomic E-state index is 5.44. The van der Waals surface area contributed by atoms with Crippen molar-refractivity contribution in [2.75, 3.05) is 5.73 Å². The molecule has 0 unspecified atom stereocenters. The van der Waals surface area contributed by atoms with E-state index in [0.29, 0.717) is 18.9 Å². The molecule has 0 aliphatic carbocycles. The zero-order valence-electron chi connectivity index (χ0n) is 6.66. The summed E-state index contributed by atoms with van der Waals surface area (Å²) in [7, 11) is 0. The zero-order chi connectivity index (χ0) is 9.10. The molecule has 0 aliphatic rings. The van der Waals surface area contributed by atoms with E-state index in [1.54, 1.807) is 0 Å². The molecule has 0 saturated carbocycles. The number of nitrogen functional groups attached to an aromatic ring is 1. The lowest BCUT2D eigenvalue weighted by atomic mass is 10.4. The third-order valence-electron chi connectivity index (χ3n) is 1.50. The lowest BCUT2D eigenvalue weighted by Crippen LogP contribution is -2.07. The predicted molar refractivity (Wildman–Crippen MR) is 40.2 cm³/mol. The number of tetrazole rings is 1. The van der Waals surface area contributed by atoms with Crippen LogP contribution < -0.4 is 5.73 Å². The molecule has 2 rings (SSSR count). The molecule has 0 amide bonds. The Bertz CT molecular complexity index is 366. The summed E-state index contributed by atoms with van der Waals surface area (Å²) >= 11 is 0. The number of anilines is 1. The molecule has 2 aromatic heterocycles. The van der Waals surface area contributed by atoms with Gasteiger partial charge in [-0.15, -0.1) is 0 Å². The van der Waals surface area contributed by atoms with Crippen LogP contribution in [0, 0.1) is 0 Å². The van der Waals surface area contributed by atoms with E-state index in [1.165, 1.54) is 11.0 Å². The third-order valence-corrected chi connectivity index (χ3v) is 1.50. The molecule has 8 nitrogen and oxygen atoms in total. The van der Waals surface area contributed by atoms with Gasteiger partial charge in [-0.3, -0.25) is 0 Å². The number of rotatable bonds is 3. The standard InChI is InChI=1S/C5H7N7O/c6-5-9-10-11-12(5)2-1-4-7-3-8-13-4/h3H,1-2H2,(H2,6,9,11). The summed E-state index contributed by atoms with van der Waals surface area (Å²) in [4.78, 5) is 3.84. The minimum absolute atomic E-state index is 0.277. The fourth-order valence-electron chi connectivity index (χ4n) is 0.879. The normalized spacial score (nSPS) is 10.5. The molecule has 2 N–H and O–H groups in total. The monoisotopic (exact) mass is 181 g/mol. The average molecular weight is 181 g/mol. The van der Waals surface area contributed by atoms with Crippen LogP contribution in [0.4, 0.5) is 5.95 Å². The highest BCUT2D eigenvalue weighted by molar-refractivity contribution is 5.09.